The summed E-state index contributed by atoms with van der Waals surface area (Å²) in [7, 11) is 4.56. The molecule has 0 aliphatic heterocycles. The molecule has 0 spiro atoms. The predicted molar refractivity (Wildman–Crippen MR) is 105 cm³/mol. The molecular weight excluding hydrogens is 370 g/mol. The van der Waals surface area contributed by atoms with Gasteiger partial charge in [-0.3, -0.25) is 4.79 Å². The van der Waals surface area contributed by atoms with Crippen molar-refractivity contribution in [2.75, 3.05) is 21.3 Å². The highest BCUT2D eigenvalue weighted by atomic mass is 32.1. The van der Waals surface area contributed by atoms with E-state index >= 15 is 0 Å². The molecule has 0 atom stereocenters. The minimum absolute atomic E-state index is 0.171. The van der Waals surface area contributed by atoms with Gasteiger partial charge in [-0.15, -0.1) is 22.7 Å². The van der Waals surface area contributed by atoms with E-state index in [9.17, 15) is 4.79 Å². The molecule has 0 saturated carbocycles. The summed E-state index contributed by atoms with van der Waals surface area (Å²) in [5, 5.41) is 4.88. The lowest BCUT2D eigenvalue weighted by Crippen LogP contribution is -2.00. The third kappa shape index (κ3) is 3.79. The van der Waals surface area contributed by atoms with Crippen molar-refractivity contribution in [1.29, 1.82) is 0 Å². The first kappa shape index (κ1) is 18.2. The van der Waals surface area contributed by atoms with E-state index in [1.165, 1.54) is 27.4 Å². The molecule has 0 N–H and O–H groups in total. The number of ketones is 1. The molecule has 0 unspecified atom stereocenters. The van der Waals surface area contributed by atoms with E-state index in [0.717, 1.165) is 15.6 Å². The summed E-state index contributed by atoms with van der Waals surface area (Å²) >= 11 is 3.19. The lowest BCUT2D eigenvalue weighted by molar-refractivity contribution is 0.104. The van der Waals surface area contributed by atoms with Gasteiger partial charge in [0.15, 0.2) is 17.3 Å². The van der Waals surface area contributed by atoms with Gasteiger partial charge in [0.25, 0.3) is 0 Å². The summed E-state index contributed by atoms with van der Waals surface area (Å²) in [5.74, 6) is 1.17. The Kier molecular flexibility index (Phi) is 5.70. The van der Waals surface area contributed by atoms with Crippen LogP contribution in [-0.2, 0) is 0 Å². The van der Waals surface area contributed by atoms with Gasteiger partial charge in [-0.25, -0.2) is 4.98 Å². The second-order valence-corrected chi connectivity index (χ2v) is 6.97. The third-order valence-corrected chi connectivity index (χ3v) is 5.51. The van der Waals surface area contributed by atoms with Crippen LogP contribution in [0.1, 0.15) is 16.1 Å². The van der Waals surface area contributed by atoms with Crippen LogP contribution in [0.2, 0.25) is 0 Å². The van der Waals surface area contributed by atoms with Gasteiger partial charge in [-0.05, 0) is 35.7 Å². The van der Waals surface area contributed by atoms with Crippen LogP contribution in [-0.4, -0.2) is 32.1 Å². The molecule has 0 bridgehead atoms. The highest BCUT2D eigenvalue weighted by Crippen LogP contribution is 2.38. The molecule has 2 aromatic heterocycles. The number of thiophene rings is 1. The van der Waals surface area contributed by atoms with Gasteiger partial charge in [0.2, 0.25) is 5.75 Å². The van der Waals surface area contributed by atoms with Crippen molar-refractivity contribution in [2.24, 2.45) is 0 Å². The average molecular weight is 387 g/mol. The molecule has 7 heteroatoms. The predicted octanol–water partition coefficient (Wildman–Crippen LogP) is 4.79. The SMILES string of the molecule is COc1cc(C(=O)/C=C/c2csc(-c3cccs3)n2)cc(OC)c1OC. The smallest absolute Gasteiger partial charge is 0.203 e. The molecule has 0 fully saturated rings. The van der Waals surface area contributed by atoms with Gasteiger partial charge >= 0.3 is 0 Å². The standard InChI is InChI=1S/C19H17NO4S2/c1-22-15-9-12(10-16(23-2)18(15)24-3)14(21)7-6-13-11-26-19(20-13)17-5-4-8-25-17/h4-11H,1-3H3/b7-6+. The van der Waals surface area contributed by atoms with Crippen molar-refractivity contribution >= 4 is 34.5 Å². The minimum atomic E-state index is -0.171. The fourth-order valence-electron chi connectivity index (χ4n) is 2.36. The Balaban J connectivity index is 1.82. The molecule has 0 amide bonds. The molecule has 2 heterocycles. The van der Waals surface area contributed by atoms with E-state index in [-0.39, 0.29) is 5.78 Å². The molecule has 0 aliphatic rings. The summed E-state index contributed by atoms with van der Waals surface area (Å²) in [5.41, 5.74) is 1.20. The number of allylic oxidation sites excluding steroid dienone is 1. The lowest BCUT2D eigenvalue weighted by atomic mass is 10.1. The zero-order chi connectivity index (χ0) is 18.5. The largest absolute Gasteiger partial charge is 0.493 e. The van der Waals surface area contributed by atoms with Crippen molar-refractivity contribution in [3.05, 3.63) is 52.4 Å². The van der Waals surface area contributed by atoms with E-state index < -0.39 is 0 Å². The zero-order valence-corrected chi connectivity index (χ0v) is 16.1. The van der Waals surface area contributed by atoms with E-state index in [1.807, 2.05) is 22.9 Å². The number of carbonyl (C=O) groups is 1. The number of carbonyl (C=O) groups excluding carboxylic acids is 1. The maximum atomic E-state index is 12.5. The number of hydrogen-bond donors (Lipinski definition) is 0. The second kappa shape index (κ2) is 8.16. The summed E-state index contributed by atoms with van der Waals surface area (Å²) in [6, 6.07) is 7.28. The van der Waals surface area contributed by atoms with Gasteiger partial charge in [0.05, 0.1) is 31.9 Å². The van der Waals surface area contributed by atoms with Gasteiger partial charge in [0.1, 0.15) is 5.01 Å². The normalized spacial score (nSPS) is 10.9. The third-order valence-electron chi connectivity index (χ3n) is 3.61. The highest BCUT2D eigenvalue weighted by Gasteiger charge is 2.15. The Morgan fingerprint density at radius 1 is 1.08 bits per heavy atom. The molecule has 5 nitrogen and oxygen atoms in total. The number of aromatic nitrogens is 1. The van der Waals surface area contributed by atoms with Gasteiger partial charge < -0.3 is 14.2 Å². The Bertz CT molecular complexity index is 904. The molecular formula is C19H17NO4S2. The Morgan fingerprint density at radius 2 is 1.81 bits per heavy atom. The molecule has 0 saturated heterocycles. The van der Waals surface area contributed by atoms with E-state index in [0.29, 0.717) is 22.8 Å². The van der Waals surface area contributed by atoms with Crippen molar-refractivity contribution < 1.29 is 19.0 Å². The molecule has 26 heavy (non-hydrogen) atoms. The van der Waals surface area contributed by atoms with E-state index in [4.69, 9.17) is 14.2 Å². The molecule has 134 valence electrons. The van der Waals surface area contributed by atoms with Crippen LogP contribution < -0.4 is 14.2 Å². The Labute approximate surface area is 159 Å². The van der Waals surface area contributed by atoms with Crippen LogP contribution in [0.4, 0.5) is 0 Å². The maximum Gasteiger partial charge on any atom is 0.203 e. The topological polar surface area (TPSA) is 57.7 Å². The summed E-state index contributed by atoms with van der Waals surface area (Å²) in [4.78, 5) is 18.2. The number of benzene rings is 1. The number of methoxy groups -OCH3 is 3. The van der Waals surface area contributed by atoms with Crippen molar-refractivity contribution in [3.63, 3.8) is 0 Å². The van der Waals surface area contributed by atoms with E-state index in [2.05, 4.69) is 4.98 Å². The fourth-order valence-corrected chi connectivity index (χ4v) is 3.96. The first-order valence-corrected chi connectivity index (χ1v) is 9.44. The first-order chi connectivity index (χ1) is 12.7. The van der Waals surface area contributed by atoms with E-state index in [1.54, 1.807) is 40.9 Å². The minimum Gasteiger partial charge on any atom is -0.493 e. The summed E-state index contributed by atoms with van der Waals surface area (Å²) < 4.78 is 15.8. The number of hydrogen-bond acceptors (Lipinski definition) is 7. The van der Waals surface area contributed by atoms with Gasteiger partial charge in [-0.1, -0.05) is 6.07 Å². The Hall–Kier alpha value is -2.64. The average Bonchev–Trinajstić information content (AvgIpc) is 3.36. The molecule has 1 aromatic carbocycles. The first-order valence-electron chi connectivity index (χ1n) is 7.68. The van der Waals surface area contributed by atoms with Crippen LogP contribution in [0.3, 0.4) is 0 Å². The molecule has 0 aliphatic carbocycles. The summed E-state index contributed by atoms with van der Waals surface area (Å²) in [6.07, 6.45) is 3.20. The Morgan fingerprint density at radius 3 is 2.38 bits per heavy atom. The van der Waals surface area contributed by atoms with Gasteiger partial charge in [-0.2, -0.15) is 0 Å². The van der Waals surface area contributed by atoms with Crippen LogP contribution in [0.15, 0.2) is 41.1 Å². The molecule has 0 radical (unpaired) electrons. The van der Waals surface area contributed by atoms with Gasteiger partial charge in [0, 0.05) is 10.9 Å². The van der Waals surface area contributed by atoms with Crippen LogP contribution in [0, 0.1) is 0 Å². The zero-order valence-electron chi connectivity index (χ0n) is 14.5. The number of ether oxygens (including phenoxy) is 3. The van der Waals surface area contributed by atoms with Crippen molar-refractivity contribution in [2.45, 2.75) is 0 Å². The molecule has 3 aromatic rings. The maximum absolute atomic E-state index is 12.5. The van der Waals surface area contributed by atoms with Crippen LogP contribution in [0.5, 0.6) is 17.2 Å². The number of nitrogens with zero attached hydrogens (tertiary/aromatic N) is 1. The quantitative estimate of drug-likeness (QED) is 0.431. The second-order valence-electron chi connectivity index (χ2n) is 5.17. The molecule has 3 rings (SSSR count). The van der Waals surface area contributed by atoms with Crippen LogP contribution in [0.25, 0.3) is 16.0 Å². The number of rotatable bonds is 7. The monoisotopic (exact) mass is 387 g/mol. The number of thiazole rings is 1. The fraction of sp³-hybridized carbons (Fsp3) is 0.158. The highest BCUT2D eigenvalue weighted by molar-refractivity contribution is 7.20. The van der Waals surface area contributed by atoms with Crippen molar-refractivity contribution in [3.8, 4) is 27.1 Å². The summed E-state index contributed by atoms with van der Waals surface area (Å²) in [6.45, 7) is 0. The van der Waals surface area contributed by atoms with Crippen LogP contribution >= 0.6 is 22.7 Å². The van der Waals surface area contributed by atoms with Crippen molar-refractivity contribution in [1.82, 2.24) is 4.98 Å². The lowest BCUT2D eigenvalue weighted by Gasteiger charge is -2.13.